The van der Waals surface area contributed by atoms with Crippen LogP contribution in [0.2, 0.25) is 0 Å². The fraction of sp³-hybridized carbons (Fsp3) is 0.333. The van der Waals surface area contributed by atoms with Crippen molar-refractivity contribution in [3.8, 4) is 5.75 Å². The van der Waals surface area contributed by atoms with Crippen LogP contribution in [-0.4, -0.2) is 22.4 Å². The predicted octanol–water partition coefficient (Wildman–Crippen LogP) is 3.31. The highest BCUT2D eigenvalue weighted by atomic mass is 79.9. The van der Waals surface area contributed by atoms with E-state index in [0.717, 1.165) is 6.07 Å². The maximum atomic E-state index is 12.6. The fourth-order valence-electron chi connectivity index (χ4n) is 1.18. The lowest BCUT2D eigenvalue weighted by Gasteiger charge is -2.14. The van der Waals surface area contributed by atoms with Gasteiger partial charge in [0.2, 0.25) is 0 Å². The van der Waals surface area contributed by atoms with Crippen molar-refractivity contribution < 1.29 is 36.6 Å². The zero-order valence-corrected chi connectivity index (χ0v) is 10.4. The molecule has 0 radical (unpaired) electrons. The summed E-state index contributed by atoms with van der Waals surface area (Å²) in [5, 5.41) is 8.49. The molecule has 0 fully saturated rings. The molecule has 0 amide bonds. The lowest BCUT2D eigenvalue weighted by molar-refractivity contribution is -0.275. The minimum atomic E-state index is -5.16. The molecule has 0 saturated heterocycles. The molecule has 0 spiro atoms. The molecule has 4 nitrogen and oxygen atoms in total. The van der Waals surface area contributed by atoms with Gasteiger partial charge >= 0.3 is 12.3 Å². The third kappa shape index (κ3) is 4.62. The Morgan fingerprint density at radius 3 is 2.47 bits per heavy atom. The second kappa shape index (κ2) is 5.68. The standard InChI is InChI=1S/C9H5BrF5NO3/c10-4-1-3(2-5(17)18)16-6(8(11)12)7(4)19-9(13,14)15/h1,8H,2H2,(H,17,18). The highest BCUT2D eigenvalue weighted by Crippen LogP contribution is 2.37. The van der Waals surface area contributed by atoms with E-state index in [-0.39, 0.29) is 5.69 Å². The minimum absolute atomic E-state index is 0.316. The summed E-state index contributed by atoms with van der Waals surface area (Å²) in [5.41, 5.74) is -1.59. The van der Waals surface area contributed by atoms with Crippen LogP contribution in [0.1, 0.15) is 17.8 Å². The van der Waals surface area contributed by atoms with Gasteiger partial charge in [0.1, 0.15) is 5.69 Å². The monoisotopic (exact) mass is 349 g/mol. The molecule has 0 aliphatic heterocycles. The van der Waals surface area contributed by atoms with Crippen LogP contribution in [0.5, 0.6) is 5.75 Å². The number of hydrogen-bond acceptors (Lipinski definition) is 3. The maximum Gasteiger partial charge on any atom is 0.573 e. The quantitative estimate of drug-likeness (QED) is 0.847. The molecule has 0 aliphatic carbocycles. The summed E-state index contributed by atoms with van der Waals surface area (Å²) in [4.78, 5) is 13.6. The summed E-state index contributed by atoms with van der Waals surface area (Å²) in [7, 11) is 0. The van der Waals surface area contributed by atoms with Gasteiger partial charge in [-0.05, 0) is 22.0 Å². The number of ether oxygens (including phenoxy) is 1. The van der Waals surface area contributed by atoms with Crippen LogP contribution in [0.4, 0.5) is 22.0 Å². The van der Waals surface area contributed by atoms with E-state index in [0.29, 0.717) is 0 Å². The van der Waals surface area contributed by atoms with Crippen LogP contribution in [0.15, 0.2) is 10.5 Å². The Hall–Kier alpha value is -1.45. The topological polar surface area (TPSA) is 59.4 Å². The molecule has 0 aliphatic rings. The van der Waals surface area contributed by atoms with Gasteiger partial charge in [0.15, 0.2) is 5.75 Å². The van der Waals surface area contributed by atoms with E-state index in [1.165, 1.54) is 0 Å². The Morgan fingerprint density at radius 1 is 1.47 bits per heavy atom. The molecule has 106 valence electrons. The number of pyridine rings is 1. The zero-order valence-electron chi connectivity index (χ0n) is 8.84. The van der Waals surface area contributed by atoms with E-state index in [1.807, 2.05) is 0 Å². The van der Waals surface area contributed by atoms with Crippen LogP contribution in [-0.2, 0) is 11.2 Å². The first-order valence-corrected chi connectivity index (χ1v) is 5.34. The van der Waals surface area contributed by atoms with Crippen LogP contribution >= 0.6 is 15.9 Å². The van der Waals surface area contributed by atoms with Gasteiger partial charge in [-0.25, -0.2) is 13.8 Å². The van der Waals surface area contributed by atoms with Crippen molar-refractivity contribution in [3.05, 3.63) is 21.9 Å². The van der Waals surface area contributed by atoms with Crippen molar-refractivity contribution >= 4 is 21.9 Å². The number of halogens is 6. The van der Waals surface area contributed by atoms with Crippen molar-refractivity contribution in [2.24, 2.45) is 0 Å². The summed E-state index contributed by atoms with van der Waals surface area (Å²) < 4.78 is 64.4. The Balaban J connectivity index is 3.27. The van der Waals surface area contributed by atoms with E-state index in [2.05, 4.69) is 25.7 Å². The predicted molar refractivity (Wildman–Crippen MR) is 54.9 cm³/mol. The third-order valence-corrected chi connectivity index (χ3v) is 2.35. The van der Waals surface area contributed by atoms with Crippen LogP contribution < -0.4 is 4.74 Å². The number of aromatic nitrogens is 1. The van der Waals surface area contributed by atoms with Gasteiger partial charge in [0.05, 0.1) is 16.6 Å². The molecule has 1 N–H and O–H groups in total. The average Bonchev–Trinajstić information content (AvgIpc) is 2.18. The van der Waals surface area contributed by atoms with Crippen LogP contribution in [0, 0.1) is 0 Å². The number of aliphatic carboxylic acids is 1. The molecule has 0 aromatic carbocycles. The first-order chi connectivity index (χ1) is 8.60. The van der Waals surface area contributed by atoms with Gasteiger partial charge in [0.25, 0.3) is 6.43 Å². The maximum absolute atomic E-state index is 12.6. The number of carboxylic acids is 1. The molecule has 0 saturated carbocycles. The fourth-order valence-corrected chi connectivity index (χ4v) is 1.73. The second-order valence-electron chi connectivity index (χ2n) is 3.23. The van der Waals surface area contributed by atoms with Gasteiger partial charge in [-0.2, -0.15) is 0 Å². The summed E-state index contributed by atoms with van der Waals surface area (Å²) in [6.07, 6.45) is -9.21. The molecule has 0 atom stereocenters. The van der Waals surface area contributed by atoms with E-state index in [1.54, 1.807) is 0 Å². The van der Waals surface area contributed by atoms with Gasteiger partial charge in [-0.3, -0.25) is 4.79 Å². The van der Waals surface area contributed by atoms with E-state index >= 15 is 0 Å². The zero-order chi connectivity index (χ0) is 14.8. The van der Waals surface area contributed by atoms with Crippen molar-refractivity contribution in [1.82, 2.24) is 4.98 Å². The lowest BCUT2D eigenvalue weighted by Crippen LogP contribution is -2.19. The van der Waals surface area contributed by atoms with E-state index in [9.17, 15) is 26.7 Å². The molecule has 1 aromatic rings. The van der Waals surface area contributed by atoms with Gasteiger partial charge in [-0.15, -0.1) is 13.2 Å². The number of hydrogen-bond donors (Lipinski definition) is 1. The first kappa shape index (κ1) is 15.6. The number of carbonyl (C=O) groups is 1. The second-order valence-corrected chi connectivity index (χ2v) is 4.08. The van der Waals surface area contributed by atoms with Gasteiger partial charge < -0.3 is 9.84 Å². The summed E-state index contributed by atoms with van der Waals surface area (Å²) >= 11 is 2.62. The SMILES string of the molecule is O=C(O)Cc1cc(Br)c(OC(F)(F)F)c(C(F)F)n1. The van der Waals surface area contributed by atoms with Crippen molar-refractivity contribution in [2.75, 3.05) is 0 Å². The molecule has 1 heterocycles. The molecule has 0 unspecified atom stereocenters. The summed E-state index contributed by atoms with van der Waals surface area (Å²) in [6, 6.07) is 0.876. The van der Waals surface area contributed by atoms with Crippen molar-refractivity contribution in [2.45, 2.75) is 19.2 Å². The molecule has 1 aromatic heterocycles. The Bertz CT molecular complexity index is 491. The number of nitrogens with zero attached hydrogens (tertiary/aromatic N) is 1. The van der Waals surface area contributed by atoms with E-state index in [4.69, 9.17) is 5.11 Å². The number of alkyl halides is 5. The average molecular weight is 350 g/mol. The molecule has 19 heavy (non-hydrogen) atoms. The molecule has 0 bridgehead atoms. The highest BCUT2D eigenvalue weighted by Gasteiger charge is 2.35. The molecular weight excluding hydrogens is 345 g/mol. The highest BCUT2D eigenvalue weighted by molar-refractivity contribution is 9.10. The molecule has 1 rings (SSSR count). The smallest absolute Gasteiger partial charge is 0.481 e. The van der Waals surface area contributed by atoms with Crippen LogP contribution in [0.3, 0.4) is 0 Å². The number of carboxylic acid groups (broad SMARTS) is 1. The minimum Gasteiger partial charge on any atom is -0.481 e. The van der Waals surface area contributed by atoms with Crippen molar-refractivity contribution in [3.63, 3.8) is 0 Å². The van der Waals surface area contributed by atoms with Gasteiger partial charge in [-0.1, -0.05) is 0 Å². The lowest BCUT2D eigenvalue weighted by atomic mass is 10.2. The van der Waals surface area contributed by atoms with Gasteiger partial charge in [0, 0.05) is 0 Å². The number of rotatable bonds is 4. The molecule has 10 heteroatoms. The largest absolute Gasteiger partial charge is 0.573 e. The third-order valence-electron chi connectivity index (χ3n) is 1.76. The normalized spacial score (nSPS) is 11.7. The summed E-state index contributed by atoms with van der Waals surface area (Å²) in [6.45, 7) is 0. The first-order valence-electron chi connectivity index (χ1n) is 4.55. The molecular formula is C9H5BrF5NO3. The van der Waals surface area contributed by atoms with E-state index < -0.39 is 41.1 Å². The summed E-state index contributed by atoms with van der Waals surface area (Å²) in [5.74, 6) is -2.54. The Kier molecular flexibility index (Phi) is 4.66. The Labute approximate surface area is 111 Å². The van der Waals surface area contributed by atoms with Crippen LogP contribution in [0.25, 0.3) is 0 Å². The Morgan fingerprint density at radius 2 is 2.05 bits per heavy atom. The van der Waals surface area contributed by atoms with Crippen molar-refractivity contribution in [1.29, 1.82) is 0 Å².